The van der Waals surface area contributed by atoms with E-state index in [0.29, 0.717) is 16.5 Å². The number of rotatable bonds is 5. The van der Waals surface area contributed by atoms with E-state index in [0.717, 1.165) is 18.0 Å². The minimum Gasteiger partial charge on any atom is -0.370 e. The first kappa shape index (κ1) is 13.4. The van der Waals surface area contributed by atoms with Gasteiger partial charge in [-0.2, -0.15) is 0 Å². The third-order valence-corrected chi connectivity index (χ3v) is 3.08. The highest BCUT2D eigenvalue weighted by Gasteiger charge is 2.09. The van der Waals surface area contributed by atoms with E-state index < -0.39 is 0 Å². The van der Waals surface area contributed by atoms with Gasteiger partial charge in [-0.3, -0.25) is 10.1 Å². The van der Waals surface area contributed by atoms with Gasteiger partial charge in [0.15, 0.2) is 0 Å². The number of carbonyl (C=O) groups excluding carboxylic acids is 1. The molecule has 100 valence electrons. The minimum absolute atomic E-state index is 0.210. The van der Waals surface area contributed by atoms with Crippen molar-refractivity contribution in [3.63, 3.8) is 0 Å². The largest absolute Gasteiger partial charge is 0.370 e. The van der Waals surface area contributed by atoms with E-state index in [4.69, 9.17) is 0 Å². The molecule has 0 atom stereocenters. The van der Waals surface area contributed by atoms with Crippen LogP contribution in [0.3, 0.4) is 0 Å². The Labute approximate surface area is 115 Å². The first-order valence-electron chi connectivity index (χ1n) is 6.00. The summed E-state index contributed by atoms with van der Waals surface area (Å²) < 4.78 is 0. The lowest BCUT2D eigenvalue weighted by molar-refractivity contribution is 0.102. The fourth-order valence-corrected chi connectivity index (χ4v) is 2.02. The molecule has 0 aliphatic rings. The van der Waals surface area contributed by atoms with Gasteiger partial charge in [0.05, 0.1) is 0 Å². The Morgan fingerprint density at radius 1 is 1.42 bits per heavy atom. The molecule has 0 aliphatic heterocycles. The average molecular weight is 277 g/mol. The van der Waals surface area contributed by atoms with Crippen molar-refractivity contribution in [2.75, 3.05) is 17.2 Å². The highest BCUT2D eigenvalue weighted by Crippen LogP contribution is 2.15. The Morgan fingerprint density at radius 2 is 2.26 bits per heavy atom. The van der Waals surface area contributed by atoms with E-state index >= 15 is 0 Å². The molecule has 2 aromatic heterocycles. The van der Waals surface area contributed by atoms with Gasteiger partial charge in [-0.05, 0) is 25.5 Å². The number of aryl methyl sites for hydroxylation is 1. The van der Waals surface area contributed by atoms with E-state index in [9.17, 15) is 4.79 Å². The van der Waals surface area contributed by atoms with Crippen molar-refractivity contribution in [3.05, 3.63) is 28.9 Å². The Bertz CT molecular complexity index is 569. The first-order chi connectivity index (χ1) is 9.19. The molecule has 0 spiro atoms. The van der Waals surface area contributed by atoms with Crippen LogP contribution < -0.4 is 10.6 Å². The van der Waals surface area contributed by atoms with Crippen LogP contribution in [0.2, 0.25) is 0 Å². The molecule has 2 rings (SSSR count). The SMILES string of the molecule is CCCNc1cc(C(=O)Nc2nnc(C)s2)ccn1. The number of hydrogen-bond acceptors (Lipinski definition) is 6. The van der Waals surface area contributed by atoms with Gasteiger partial charge >= 0.3 is 0 Å². The Kier molecular flexibility index (Phi) is 4.40. The van der Waals surface area contributed by atoms with Crippen molar-refractivity contribution in [2.24, 2.45) is 0 Å². The zero-order valence-corrected chi connectivity index (χ0v) is 11.6. The van der Waals surface area contributed by atoms with Gasteiger partial charge in [-0.25, -0.2) is 4.98 Å². The first-order valence-corrected chi connectivity index (χ1v) is 6.82. The van der Waals surface area contributed by atoms with E-state index in [-0.39, 0.29) is 5.91 Å². The van der Waals surface area contributed by atoms with Crippen LogP contribution in [0.1, 0.15) is 28.7 Å². The quantitative estimate of drug-likeness (QED) is 0.876. The number of nitrogens with zero attached hydrogens (tertiary/aromatic N) is 3. The number of aromatic nitrogens is 3. The second kappa shape index (κ2) is 6.24. The smallest absolute Gasteiger partial charge is 0.257 e. The fourth-order valence-electron chi connectivity index (χ4n) is 1.44. The summed E-state index contributed by atoms with van der Waals surface area (Å²) in [6, 6.07) is 3.39. The summed E-state index contributed by atoms with van der Waals surface area (Å²) in [5.74, 6) is 0.487. The Balaban J connectivity index is 2.06. The molecule has 0 saturated carbocycles. The van der Waals surface area contributed by atoms with Crippen molar-refractivity contribution in [2.45, 2.75) is 20.3 Å². The molecule has 6 nitrogen and oxygen atoms in total. The molecule has 0 radical (unpaired) electrons. The number of hydrogen-bond donors (Lipinski definition) is 2. The van der Waals surface area contributed by atoms with Gasteiger partial charge < -0.3 is 5.32 Å². The van der Waals surface area contributed by atoms with Gasteiger partial charge in [0.1, 0.15) is 10.8 Å². The van der Waals surface area contributed by atoms with Crippen LogP contribution in [0.15, 0.2) is 18.3 Å². The van der Waals surface area contributed by atoms with Crippen LogP contribution >= 0.6 is 11.3 Å². The summed E-state index contributed by atoms with van der Waals surface area (Å²) in [5.41, 5.74) is 0.543. The van der Waals surface area contributed by atoms with Gasteiger partial charge in [-0.1, -0.05) is 18.3 Å². The maximum absolute atomic E-state index is 12.0. The molecular formula is C12H15N5OS. The summed E-state index contributed by atoms with van der Waals surface area (Å²) in [4.78, 5) is 16.2. The predicted molar refractivity (Wildman–Crippen MR) is 75.6 cm³/mol. The molecule has 2 aromatic rings. The topological polar surface area (TPSA) is 79.8 Å². The second-order valence-corrected chi connectivity index (χ2v) is 5.12. The van der Waals surface area contributed by atoms with Gasteiger partial charge in [-0.15, -0.1) is 10.2 Å². The fraction of sp³-hybridized carbons (Fsp3) is 0.333. The third-order valence-electron chi connectivity index (χ3n) is 2.32. The van der Waals surface area contributed by atoms with Gasteiger partial charge in [0.25, 0.3) is 5.91 Å². The lowest BCUT2D eigenvalue weighted by Crippen LogP contribution is -2.12. The van der Waals surface area contributed by atoms with Crippen LogP contribution in [-0.4, -0.2) is 27.6 Å². The van der Waals surface area contributed by atoms with Crippen molar-refractivity contribution in [3.8, 4) is 0 Å². The summed E-state index contributed by atoms with van der Waals surface area (Å²) in [7, 11) is 0. The number of anilines is 2. The third kappa shape index (κ3) is 3.72. The second-order valence-electron chi connectivity index (χ2n) is 3.94. The lowest BCUT2D eigenvalue weighted by Gasteiger charge is -2.05. The van der Waals surface area contributed by atoms with Crippen LogP contribution in [0.4, 0.5) is 10.9 Å². The summed E-state index contributed by atoms with van der Waals surface area (Å²) in [6.45, 7) is 4.74. The molecule has 19 heavy (non-hydrogen) atoms. The molecule has 0 fully saturated rings. The Morgan fingerprint density at radius 3 is 2.95 bits per heavy atom. The van der Waals surface area contributed by atoms with E-state index in [1.54, 1.807) is 18.3 Å². The zero-order chi connectivity index (χ0) is 13.7. The average Bonchev–Trinajstić information content (AvgIpc) is 2.82. The van der Waals surface area contributed by atoms with E-state index in [2.05, 4.69) is 32.7 Å². The number of pyridine rings is 1. The molecule has 0 bridgehead atoms. The van der Waals surface area contributed by atoms with E-state index in [1.165, 1.54) is 11.3 Å². The molecule has 7 heteroatoms. The molecule has 0 saturated heterocycles. The summed E-state index contributed by atoms with van der Waals surface area (Å²) in [5, 5.41) is 14.9. The van der Waals surface area contributed by atoms with E-state index in [1.807, 2.05) is 6.92 Å². The number of amides is 1. The van der Waals surface area contributed by atoms with Gasteiger partial charge in [0, 0.05) is 18.3 Å². The molecule has 1 amide bonds. The molecule has 0 aliphatic carbocycles. The number of nitrogens with one attached hydrogen (secondary N) is 2. The molecule has 0 unspecified atom stereocenters. The maximum Gasteiger partial charge on any atom is 0.257 e. The van der Waals surface area contributed by atoms with Crippen LogP contribution in [0.25, 0.3) is 0 Å². The normalized spacial score (nSPS) is 10.2. The maximum atomic E-state index is 12.0. The lowest BCUT2D eigenvalue weighted by atomic mass is 10.2. The van der Waals surface area contributed by atoms with Crippen LogP contribution in [0.5, 0.6) is 0 Å². The summed E-state index contributed by atoms with van der Waals surface area (Å²) >= 11 is 1.34. The minimum atomic E-state index is -0.210. The predicted octanol–water partition coefficient (Wildman–Crippen LogP) is 2.32. The highest BCUT2D eigenvalue weighted by molar-refractivity contribution is 7.15. The van der Waals surface area contributed by atoms with Crippen LogP contribution in [0, 0.1) is 6.92 Å². The zero-order valence-electron chi connectivity index (χ0n) is 10.8. The Hall–Kier alpha value is -2.02. The van der Waals surface area contributed by atoms with Crippen molar-refractivity contribution in [1.29, 1.82) is 0 Å². The molecular weight excluding hydrogens is 262 g/mol. The van der Waals surface area contributed by atoms with Crippen LogP contribution in [-0.2, 0) is 0 Å². The molecule has 0 aromatic carbocycles. The highest BCUT2D eigenvalue weighted by atomic mass is 32.1. The summed E-state index contributed by atoms with van der Waals surface area (Å²) in [6.07, 6.45) is 2.61. The molecule has 2 heterocycles. The van der Waals surface area contributed by atoms with Crippen molar-refractivity contribution >= 4 is 28.2 Å². The number of carbonyl (C=O) groups is 1. The monoisotopic (exact) mass is 277 g/mol. The van der Waals surface area contributed by atoms with Crippen molar-refractivity contribution < 1.29 is 4.79 Å². The van der Waals surface area contributed by atoms with Crippen molar-refractivity contribution in [1.82, 2.24) is 15.2 Å². The standard InChI is InChI=1S/C12H15N5OS/c1-3-5-13-10-7-9(4-6-14-10)11(18)15-12-17-16-8(2)19-12/h4,6-7H,3,5H2,1-2H3,(H,13,14)(H,15,17,18). The molecule has 2 N–H and O–H groups in total. The van der Waals surface area contributed by atoms with Gasteiger partial charge in [0.2, 0.25) is 5.13 Å².